The van der Waals surface area contributed by atoms with Crippen LogP contribution in [0.15, 0.2) is 18.2 Å². The molecule has 0 spiro atoms. The second-order valence-corrected chi connectivity index (χ2v) is 6.19. The Balaban J connectivity index is 2.41. The highest BCUT2D eigenvalue weighted by atomic mass is 19.1. The van der Waals surface area contributed by atoms with Gasteiger partial charge in [-0.3, -0.25) is 0 Å². The van der Waals surface area contributed by atoms with Gasteiger partial charge >= 0.3 is 0 Å². The average molecular weight is 279 g/mol. The van der Waals surface area contributed by atoms with E-state index in [-0.39, 0.29) is 17.5 Å². The molecule has 20 heavy (non-hydrogen) atoms. The Labute approximate surface area is 121 Å². The molecule has 112 valence electrons. The van der Waals surface area contributed by atoms with Crippen LogP contribution in [0.2, 0.25) is 0 Å². The quantitative estimate of drug-likeness (QED) is 0.900. The number of ether oxygens (including phenoxy) is 1. The van der Waals surface area contributed by atoms with Gasteiger partial charge in [-0.1, -0.05) is 25.8 Å². The molecule has 0 amide bonds. The van der Waals surface area contributed by atoms with Crippen molar-refractivity contribution in [1.29, 1.82) is 0 Å². The lowest BCUT2D eigenvalue weighted by Crippen LogP contribution is -2.47. The van der Waals surface area contributed by atoms with Gasteiger partial charge in [0.25, 0.3) is 0 Å². The van der Waals surface area contributed by atoms with E-state index in [1.54, 1.807) is 13.2 Å². The van der Waals surface area contributed by atoms with Gasteiger partial charge < -0.3 is 10.1 Å². The first-order chi connectivity index (χ1) is 9.52. The molecule has 1 N–H and O–H groups in total. The largest absolute Gasteiger partial charge is 0.376 e. The number of hydrogen-bond donors (Lipinski definition) is 1. The number of nitrogens with one attached hydrogen (secondary N) is 1. The predicted octanol–water partition coefficient (Wildman–Crippen LogP) is 3.99. The Morgan fingerprint density at radius 2 is 2.20 bits per heavy atom. The first-order valence-corrected chi connectivity index (χ1v) is 7.51. The van der Waals surface area contributed by atoms with E-state index in [1.165, 1.54) is 18.9 Å². The summed E-state index contributed by atoms with van der Waals surface area (Å²) in [7, 11) is 3.73. The molecule has 3 atom stereocenters. The van der Waals surface area contributed by atoms with Crippen LogP contribution >= 0.6 is 0 Å². The van der Waals surface area contributed by atoms with E-state index in [1.807, 2.05) is 20.0 Å². The van der Waals surface area contributed by atoms with E-state index in [2.05, 4.69) is 12.2 Å². The zero-order valence-electron chi connectivity index (χ0n) is 13.0. The van der Waals surface area contributed by atoms with Crippen LogP contribution in [0.3, 0.4) is 0 Å². The van der Waals surface area contributed by atoms with Crippen molar-refractivity contribution >= 4 is 0 Å². The lowest BCUT2D eigenvalue weighted by molar-refractivity contribution is -0.0792. The van der Waals surface area contributed by atoms with Crippen molar-refractivity contribution in [2.24, 2.45) is 5.92 Å². The van der Waals surface area contributed by atoms with Crippen molar-refractivity contribution in [3.05, 3.63) is 35.1 Å². The van der Waals surface area contributed by atoms with E-state index >= 15 is 0 Å². The molecule has 0 saturated heterocycles. The summed E-state index contributed by atoms with van der Waals surface area (Å²) in [6.07, 6.45) is 4.46. The minimum Gasteiger partial charge on any atom is -0.376 e. The van der Waals surface area contributed by atoms with Gasteiger partial charge in [0.05, 0.1) is 11.6 Å². The van der Waals surface area contributed by atoms with Crippen LogP contribution in [0.5, 0.6) is 0 Å². The molecule has 1 aromatic carbocycles. The highest BCUT2D eigenvalue weighted by Gasteiger charge is 2.42. The zero-order valence-corrected chi connectivity index (χ0v) is 13.0. The molecule has 0 aliphatic heterocycles. The fraction of sp³-hybridized carbons (Fsp3) is 0.647. The van der Waals surface area contributed by atoms with Crippen molar-refractivity contribution in [2.45, 2.75) is 51.2 Å². The summed E-state index contributed by atoms with van der Waals surface area (Å²) in [4.78, 5) is 0. The van der Waals surface area contributed by atoms with Gasteiger partial charge in [0.1, 0.15) is 5.82 Å². The standard InChI is InChI=1S/C17H26FNO/c1-12-6-5-9-17(11-12,20-4)16(19-3)15-10-14(18)8-7-13(15)2/h7-8,10,12,16,19H,5-6,9,11H2,1-4H3. The number of benzene rings is 1. The van der Waals surface area contributed by atoms with Crippen LogP contribution in [-0.2, 0) is 4.74 Å². The van der Waals surface area contributed by atoms with Crippen molar-refractivity contribution in [1.82, 2.24) is 5.32 Å². The average Bonchev–Trinajstić information content (AvgIpc) is 2.43. The second-order valence-electron chi connectivity index (χ2n) is 6.19. The van der Waals surface area contributed by atoms with Crippen LogP contribution in [0.1, 0.15) is 49.8 Å². The van der Waals surface area contributed by atoms with Crippen LogP contribution in [-0.4, -0.2) is 19.8 Å². The molecule has 1 fully saturated rings. The predicted molar refractivity (Wildman–Crippen MR) is 80.3 cm³/mol. The topological polar surface area (TPSA) is 21.3 Å². The summed E-state index contributed by atoms with van der Waals surface area (Å²) in [5.41, 5.74) is 1.90. The van der Waals surface area contributed by atoms with E-state index in [0.717, 1.165) is 24.0 Å². The Kier molecular flexibility index (Phi) is 4.82. The maximum Gasteiger partial charge on any atom is 0.123 e. The normalized spacial score (nSPS) is 28.4. The third-order valence-electron chi connectivity index (χ3n) is 4.76. The Morgan fingerprint density at radius 3 is 2.80 bits per heavy atom. The molecule has 0 aromatic heterocycles. The summed E-state index contributed by atoms with van der Waals surface area (Å²) in [6, 6.07) is 5.06. The van der Waals surface area contributed by atoms with Gasteiger partial charge in [-0.2, -0.15) is 0 Å². The summed E-state index contributed by atoms with van der Waals surface area (Å²) in [6.45, 7) is 4.31. The fourth-order valence-electron chi connectivity index (χ4n) is 3.73. The van der Waals surface area contributed by atoms with Crippen molar-refractivity contribution in [2.75, 3.05) is 14.2 Å². The van der Waals surface area contributed by atoms with Gasteiger partial charge in [0, 0.05) is 7.11 Å². The molecule has 1 aliphatic rings. The lowest BCUT2D eigenvalue weighted by atomic mass is 9.72. The van der Waals surface area contributed by atoms with Gasteiger partial charge in [-0.15, -0.1) is 0 Å². The van der Waals surface area contributed by atoms with Gasteiger partial charge in [0.15, 0.2) is 0 Å². The van der Waals surface area contributed by atoms with E-state index < -0.39 is 0 Å². The van der Waals surface area contributed by atoms with Crippen LogP contribution in [0.4, 0.5) is 4.39 Å². The van der Waals surface area contributed by atoms with E-state index in [9.17, 15) is 4.39 Å². The third-order valence-corrected chi connectivity index (χ3v) is 4.76. The molecule has 0 bridgehead atoms. The SMILES string of the molecule is CNC(c1cc(F)ccc1C)C1(OC)CCCC(C)C1. The summed E-state index contributed by atoms with van der Waals surface area (Å²) in [5, 5.41) is 3.38. The van der Waals surface area contributed by atoms with Crippen LogP contribution in [0.25, 0.3) is 0 Å². The Morgan fingerprint density at radius 1 is 1.45 bits per heavy atom. The van der Waals surface area contributed by atoms with Crippen molar-refractivity contribution in [3.63, 3.8) is 0 Å². The van der Waals surface area contributed by atoms with Crippen LogP contribution in [0, 0.1) is 18.7 Å². The van der Waals surface area contributed by atoms with Crippen molar-refractivity contribution in [3.8, 4) is 0 Å². The highest BCUT2D eigenvalue weighted by Crippen LogP contribution is 2.43. The molecule has 1 aliphatic carbocycles. The molecule has 2 nitrogen and oxygen atoms in total. The molecule has 0 heterocycles. The van der Waals surface area contributed by atoms with E-state index in [4.69, 9.17) is 4.74 Å². The number of rotatable bonds is 4. The summed E-state index contributed by atoms with van der Waals surface area (Å²) in [5.74, 6) is 0.467. The van der Waals surface area contributed by atoms with Crippen LogP contribution < -0.4 is 5.32 Å². The molecule has 3 heteroatoms. The summed E-state index contributed by atoms with van der Waals surface area (Å²) < 4.78 is 19.6. The maximum atomic E-state index is 13.6. The number of likely N-dealkylation sites (N-methyl/N-ethyl adjacent to an activating group) is 1. The fourth-order valence-corrected chi connectivity index (χ4v) is 3.73. The smallest absolute Gasteiger partial charge is 0.123 e. The third kappa shape index (κ3) is 2.89. The second kappa shape index (κ2) is 6.23. The lowest BCUT2D eigenvalue weighted by Gasteiger charge is -2.45. The first kappa shape index (κ1) is 15.5. The molecule has 1 saturated carbocycles. The molecule has 2 rings (SSSR count). The molecule has 3 unspecified atom stereocenters. The molecule has 1 aromatic rings. The van der Waals surface area contributed by atoms with Gasteiger partial charge in [-0.05, 0) is 56.0 Å². The summed E-state index contributed by atoms with van der Waals surface area (Å²) >= 11 is 0. The molecule has 0 radical (unpaired) electrons. The highest BCUT2D eigenvalue weighted by molar-refractivity contribution is 5.32. The molecular formula is C17H26FNO. The Hall–Kier alpha value is -0.930. The van der Waals surface area contributed by atoms with Gasteiger partial charge in [-0.25, -0.2) is 4.39 Å². The zero-order chi connectivity index (χ0) is 14.8. The number of hydrogen-bond acceptors (Lipinski definition) is 2. The van der Waals surface area contributed by atoms with Gasteiger partial charge in [0.2, 0.25) is 0 Å². The Bertz CT molecular complexity index is 462. The minimum absolute atomic E-state index is 0.0333. The number of halogens is 1. The number of aryl methyl sites for hydroxylation is 1. The van der Waals surface area contributed by atoms with Crippen molar-refractivity contribution < 1.29 is 9.13 Å². The number of methoxy groups -OCH3 is 1. The minimum atomic E-state index is -0.231. The first-order valence-electron chi connectivity index (χ1n) is 7.51. The molecular weight excluding hydrogens is 253 g/mol. The van der Waals surface area contributed by atoms with E-state index in [0.29, 0.717) is 5.92 Å². The maximum absolute atomic E-state index is 13.6. The monoisotopic (exact) mass is 279 g/mol.